The molecule has 0 radical (unpaired) electrons. The fourth-order valence-electron chi connectivity index (χ4n) is 4.91. The molecule has 34 heavy (non-hydrogen) atoms. The summed E-state index contributed by atoms with van der Waals surface area (Å²) >= 11 is 0. The van der Waals surface area contributed by atoms with Crippen molar-refractivity contribution in [1.82, 2.24) is 4.31 Å². The normalized spacial score (nSPS) is 24.1. The van der Waals surface area contributed by atoms with E-state index in [1.165, 1.54) is 6.08 Å². The van der Waals surface area contributed by atoms with Gasteiger partial charge in [0, 0.05) is 12.1 Å². The van der Waals surface area contributed by atoms with Crippen LogP contribution in [-0.4, -0.2) is 42.0 Å². The van der Waals surface area contributed by atoms with Gasteiger partial charge in [-0.15, -0.1) is 0 Å². The first-order chi connectivity index (χ1) is 15.5. The molecule has 0 N–H and O–H groups in total. The third kappa shape index (κ3) is 5.35. The Morgan fingerprint density at radius 2 is 1.79 bits per heavy atom. The maximum atomic E-state index is 14.0. The third-order valence-corrected chi connectivity index (χ3v) is 8.87. The van der Waals surface area contributed by atoms with Crippen molar-refractivity contribution in [3.63, 3.8) is 0 Å². The highest BCUT2D eigenvalue weighted by Crippen LogP contribution is 2.46. The van der Waals surface area contributed by atoms with E-state index >= 15 is 0 Å². The molecule has 0 saturated carbocycles. The molecule has 0 aromatic heterocycles. The number of carbonyl (C=O) groups excluding carboxylic acids is 1. The molecule has 2 aliphatic rings. The van der Waals surface area contributed by atoms with Crippen LogP contribution in [0.3, 0.4) is 0 Å². The minimum atomic E-state index is -3.76. The number of sulfonamides is 1. The summed E-state index contributed by atoms with van der Waals surface area (Å²) in [4.78, 5) is 12.6. The number of esters is 1. The van der Waals surface area contributed by atoms with Gasteiger partial charge in [-0.25, -0.2) is 13.2 Å². The second-order valence-electron chi connectivity index (χ2n) is 11.8. The zero-order valence-corrected chi connectivity index (χ0v) is 23.2. The summed E-state index contributed by atoms with van der Waals surface area (Å²) in [5, 5.41) is 0. The van der Waals surface area contributed by atoms with E-state index in [2.05, 4.69) is 27.7 Å². The van der Waals surface area contributed by atoms with E-state index in [-0.39, 0.29) is 17.7 Å². The first-order valence-electron chi connectivity index (χ1n) is 12.2. The number of fused-ring (bicyclic) bond motifs is 1. The van der Waals surface area contributed by atoms with E-state index in [1.807, 2.05) is 41.5 Å². The zero-order chi connectivity index (χ0) is 25.8. The number of nitrogens with zero attached hydrogens (tertiary/aromatic N) is 1. The lowest BCUT2D eigenvalue weighted by atomic mass is 9.88. The average molecular weight is 492 g/mol. The molecule has 2 heterocycles. The summed E-state index contributed by atoms with van der Waals surface area (Å²) < 4.78 is 41.2. The Kier molecular flexibility index (Phi) is 7.06. The lowest BCUT2D eigenvalue weighted by Gasteiger charge is -2.35. The van der Waals surface area contributed by atoms with Crippen LogP contribution >= 0.6 is 0 Å². The number of ether oxygens (including phenoxy) is 2. The van der Waals surface area contributed by atoms with Crippen LogP contribution in [0.1, 0.15) is 83.6 Å². The van der Waals surface area contributed by atoms with Crippen molar-refractivity contribution < 1.29 is 22.7 Å². The molecule has 1 aromatic carbocycles. The maximum absolute atomic E-state index is 14.0. The number of hydrogen-bond acceptors (Lipinski definition) is 5. The van der Waals surface area contributed by atoms with Gasteiger partial charge in [-0.3, -0.25) is 0 Å². The number of rotatable bonds is 6. The molecular formula is C27H41NO5S. The van der Waals surface area contributed by atoms with Crippen molar-refractivity contribution >= 4 is 16.0 Å². The Bertz CT molecular complexity index is 1110. The molecule has 190 valence electrons. The minimum Gasteiger partial charge on any atom is -0.487 e. The minimum absolute atomic E-state index is 0.172. The Morgan fingerprint density at radius 1 is 1.18 bits per heavy atom. The summed E-state index contributed by atoms with van der Waals surface area (Å²) in [7, 11) is -3.76. The number of benzene rings is 1. The number of hydrogen-bond donors (Lipinski definition) is 0. The van der Waals surface area contributed by atoms with E-state index in [4.69, 9.17) is 9.47 Å². The molecule has 1 saturated heterocycles. The Morgan fingerprint density at radius 3 is 2.35 bits per heavy atom. The summed E-state index contributed by atoms with van der Waals surface area (Å²) in [6.45, 7) is 19.4. The maximum Gasteiger partial charge on any atom is 0.331 e. The van der Waals surface area contributed by atoms with Gasteiger partial charge in [-0.05, 0) is 103 Å². The Hall–Kier alpha value is -1.86. The highest BCUT2D eigenvalue weighted by molar-refractivity contribution is 7.89. The largest absolute Gasteiger partial charge is 0.487 e. The Balaban J connectivity index is 2.00. The van der Waals surface area contributed by atoms with Gasteiger partial charge in [0.15, 0.2) is 0 Å². The molecule has 1 aromatic rings. The SMILES string of the molecule is Cc1c(C)c(S(=O)(=O)N2[C@H](/C=C\C(=O)OC(C)(C)C)[C@@H]2CC(C)C)c(C)c2c1OC(C)(C)CC2. The van der Waals surface area contributed by atoms with Crippen LogP contribution in [0, 0.1) is 26.7 Å². The first kappa shape index (κ1) is 26.7. The lowest BCUT2D eigenvalue weighted by molar-refractivity contribution is -0.148. The standard InChI is InChI=1S/C27H41NO5S/c1-16(2)15-22-21(11-12-23(29)32-26(6,7)8)28(22)34(30,31)25-18(4)17(3)24-20(19(25)5)13-14-27(9,10)33-24/h11-12,16,21-22H,13-15H2,1-10H3/b12-11-/t21-,22+,28?/m1/s1. The fraction of sp³-hybridized carbons (Fsp3) is 0.667. The van der Waals surface area contributed by atoms with E-state index in [0.29, 0.717) is 10.8 Å². The van der Waals surface area contributed by atoms with Crippen molar-refractivity contribution in [2.24, 2.45) is 5.92 Å². The van der Waals surface area contributed by atoms with Gasteiger partial charge < -0.3 is 9.47 Å². The molecule has 2 aliphatic heterocycles. The van der Waals surface area contributed by atoms with E-state index in [1.54, 1.807) is 10.4 Å². The van der Waals surface area contributed by atoms with E-state index in [9.17, 15) is 13.2 Å². The zero-order valence-electron chi connectivity index (χ0n) is 22.4. The van der Waals surface area contributed by atoms with Crippen LogP contribution in [0.25, 0.3) is 0 Å². The van der Waals surface area contributed by atoms with Crippen LogP contribution in [0.15, 0.2) is 17.0 Å². The summed E-state index contributed by atoms with van der Waals surface area (Å²) in [6.07, 6.45) is 5.40. The average Bonchev–Trinajstić information content (AvgIpc) is 3.35. The third-order valence-electron chi connectivity index (χ3n) is 6.68. The number of carbonyl (C=O) groups is 1. The van der Waals surface area contributed by atoms with Gasteiger partial charge in [0.05, 0.1) is 10.9 Å². The van der Waals surface area contributed by atoms with Crippen molar-refractivity contribution in [3.8, 4) is 5.75 Å². The van der Waals surface area contributed by atoms with Gasteiger partial charge in [0.1, 0.15) is 17.0 Å². The summed E-state index contributed by atoms with van der Waals surface area (Å²) in [5.41, 5.74) is 2.52. The second-order valence-corrected chi connectivity index (χ2v) is 13.6. The van der Waals surface area contributed by atoms with Crippen molar-refractivity contribution in [3.05, 3.63) is 34.4 Å². The summed E-state index contributed by atoms with van der Waals surface area (Å²) in [6, 6.07) is -0.528. The predicted molar refractivity (Wildman–Crippen MR) is 135 cm³/mol. The first-order valence-corrected chi connectivity index (χ1v) is 13.7. The van der Waals surface area contributed by atoms with Gasteiger partial charge in [-0.1, -0.05) is 19.9 Å². The molecule has 0 aliphatic carbocycles. The van der Waals surface area contributed by atoms with Gasteiger partial charge in [0.2, 0.25) is 10.0 Å². The van der Waals surface area contributed by atoms with Crippen LogP contribution in [0.4, 0.5) is 0 Å². The molecule has 1 fully saturated rings. The van der Waals surface area contributed by atoms with E-state index in [0.717, 1.165) is 47.3 Å². The van der Waals surface area contributed by atoms with Crippen LogP contribution in [0.2, 0.25) is 0 Å². The molecule has 7 heteroatoms. The molecule has 0 spiro atoms. The van der Waals surface area contributed by atoms with Crippen molar-refractivity contribution in [2.75, 3.05) is 0 Å². The van der Waals surface area contributed by atoms with E-state index < -0.39 is 21.6 Å². The molecule has 6 nitrogen and oxygen atoms in total. The highest BCUT2D eigenvalue weighted by Gasteiger charge is 2.55. The van der Waals surface area contributed by atoms with Crippen molar-refractivity contribution in [2.45, 2.75) is 117 Å². The van der Waals surface area contributed by atoms with Crippen LogP contribution in [-0.2, 0) is 26.0 Å². The molecule has 1 unspecified atom stereocenters. The monoisotopic (exact) mass is 491 g/mol. The molecule has 3 rings (SSSR count). The predicted octanol–water partition coefficient (Wildman–Crippen LogP) is 5.40. The van der Waals surface area contributed by atoms with Gasteiger partial charge >= 0.3 is 5.97 Å². The second kappa shape index (κ2) is 8.98. The molecular weight excluding hydrogens is 450 g/mol. The molecule has 0 bridgehead atoms. The highest BCUT2D eigenvalue weighted by atomic mass is 32.2. The molecule has 0 amide bonds. The van der Waals surface area contributed by atoms with Crippen molar-refractivity contribution in [1.29, 1.82) is 0 Å². The smallest absolute Gasteiger partial charge is 0.331 e. The quantitative estimate of drug-likeness (QED) is 0.303. The van der Waals surface area contributed by atoms with Gasteiger partial charge in [0.25, 0.3) is 0 Å². The topological polar surface area (TPSA) is 72.7 Å². The lowest BCUT2D eigenvalue weighted by Crippen LogP contribution is -2.34. The fourth-order valence-corrected chi connectivity index (χ4v) is 7.21. The van der Waals surface area contributed by atoms with Crippen LogP contribution in [0.5, 0.6) is 5.75 Å². The van der Waals surface area contributed by atoms with Gasteiger partial charge in [-0.2, -0.15) is 4.31 Å². The van der Waals surface area contributed by atoms with Crippen LogP contribution < -0.4 is 4.74 Å². The summed E-state index contributed by atoms with van der Waals surface area (Å²) in [5.74, 6) is 0.693. The molecule has 3 atom stereocenters. The Labute approximate surface area is 205 Å².